The molecule has 6 nitrogen and oxygen atoms in total. The molecule has 0 bridgehead atoms. The Bertz CT molecular complexity index is 424. The molecule has 1 fully saturated rings. The summed E-state index contributed by atoms with van der Waals surface area (Å²) in [5.41, 5.74) is 3.46. The van der Waals surface area contributed by atoms with Crippen LogP contribution in [0.3, 0.4) is 0 Å². The second kappa shape index (κ2) is 4.92. The van der Waals surface area contributed by atoms with E-state index in [1.54, 1.807) is 5.01 Å². The lowest BCUT2D eigenvalue weighted by Crippen LogP contribution is -2.46. The summed E-state index contributed by atoms with van der Waals surface area (Å²) in [6, 6.07) is 5.65. The molecular formula is C11H13N3O3. The molecule has 1 saturated heterocycles. The van der Waals surface area contributed by atoms with Gasteiger partial charge < -0.3 is 0 Å². The maximum Gasteiger partial charge on any atom is 0.269 e. The molecule has 0 unspecified atom stereocenters. The number of nitrogens with zero attached hydrogens (tertiary/aromatic N) is 2. The first-order valence-corrected chi connectivity index (χ1v) is 5.48. The Kier molecular flexibility index (Phi) is 3.34. The highest BCUT2D eigenvalue weighted by Gasteiger charge is 2.18. The molecule has 1 aliphatic heterocycles. The molecule has 0 saturated carbocycles. The minimum Gasteiger partial charge on any atom is -0.274 e. The van der Waals surface area contributed by atoms with Crippen LogP contribution < -0.4 is 5.43 Å². The van der Waals surface area contributed by atoms with Crippen molar-refractivity contribution in [1.29, 1.82) is 0 Å². The molecular weight excluding hydrogens is 222 g/mol. The van der Waals surface area contributed by atoms with E-state index in [1.165, 1.54) is 24.3 Å². The Balaban J connectivity index is 2.10. The van der Waals surface area contributed by atoms with E-state index < -0.39 is 4.92 Å². The zero-order valence-electron chi connectivity index (χ0n) is 9.26. The normalized spacial score (nSPS) is 15.6. The minimum absolute atomic E-state index is 0.00634. The molecule has 1 aromatic carbocycles. The highest BCUT2D eigenvalue weighted by molar-refractivity contribution is 5.94. The third kappa shape index (κ3) is 2.59. The van der Waals surface area contributed by atoms with Gasteiger partial charge in [0.25, 0.3) is 11.6 Å². The number of non-ortho nitro benzene ring substituents is 1. The van der Waals surface area contributed by atoms with Crippen LogP contribution >= 0.6 is 0 Å². The van der Waals surface area contributed by atoms with Gasteiger partial charge in [-0.25, -0.2) is 5.43 Å². The third-order valence-electron chi connectivity index (χ3n) is 2.68. The van der Waals surface area contributed by atoms with Gasteiger partial charge in [-0.3, -0.25) is 19.9 Å². The van der Waals surface area contributed by atoms with Gasteiger partial charge in [0.15, 0.2) is 0 Å². The van der Waals surface area contributed by atoms with Crippen LogP contribution in [0.15, 0.2) is 24.3 Å². The van der Waals surface area contributed by atoms with E-state index in [0.29, 0.717) is 12.1 Å². The van der Waals surface area contributed by atoms with Crippen molar-refractivity contribution in [1.82, 2.24) is 10.4 Å². The number of carbonyl (C=O) groups excluding carboxylic acids is 1. The van der Waals surface area contributed by atoms with Crippen LogP contribution in [0.1, 0.15) is 23.2 Å². The number of hydrazine groups is 1. The van der Waals surface area contributed by atoms with Crippen molar-refractivity contribution in [2.45, 2.75) is 12.8 Å². The van der Waals surface area contributed by atoms with E-state index in [1.807, 2.05) is 0 Å². The van der Waals surface area contributed by atoms with Crippen LogP contribution in [0.2, 0.25) is 0 Å². The molecule has 17 heavy (non-hydrogen) atoms. The lowest BCUT2D eigenvalue weighted by Gasteiger charge is -2.27. The predicted molar refractivity (Wildman–Crippen MR) is 61.4 cm³/mol. The summed E-state index contributed by atoms with van der Waals surface area (Å²) >= 11 is 0. The largest absolute Gasteiger partial charge is 0.274 e. The molecule has 1 heterocycles. The summed E-state index contributed by atoms with van der Waals surface area (Å²) in [5, 5.41) is 12.0. The van der Waals surface area contributed by atoms with Crippen LogP contribution in [0.5, 0.6) is 0 Å². The van der Waals surface area contributed by atoms with Crippen LogP contribution in [0.25, 0.3) is 0 Å². The average Bonchev–Trinajstić information content (AvgIpc) is 2.39. The Labute approximate surface area is 98.3 Å². The molecule has 0 atom stereocenters. The highest BCUT2D eigenvalue weighted by atomic mass is 16.6. The summed E-state index contributed by atoms with van der Waals surface area (Å²) in [5.74, 6) is -0.139. The van der Waals surface area contributed by atoms with Crippen molar-refractivity contribution in [3.05, 3.63) is 39.9 Å². The number of amides is 1. The quantitative estimate of drug-likeness (QED) is 0.620. The number of benzene rings is 1. The molecule has 0 radical (unpaired) electrons. The fourth-order valence-electron chi connectivity index (χ4n) is 1.74. The molecule has 0 aliphatic carbocycles. The number of nitro groups is 1. The predicted octanol–water partition coefficient (Wildman–Crippen LogP) is 1.34. The fourth-order valence-corrected chi connectivity index (χ4v) is 1.74. The molecule has 2 rings (SSSR count). The van der Waals surface area contributed by atoms with Gasteiger partial charge in [-0.1, -0.05) is 0 Å². The van der Waals surface area contributed by atoms with E-state index in [4.69, 9.17) is 0 Å². The van der Waals surface area contributed by atoms with E-state index in [2.05, 4.69) is 5.43 Å². The van der Waals surface area contributed by atoms with Crippen LogP contribution in [-0.4, -0.2) is 28.9 Å². The molecule has 90 valence electrons. The van der Waals surface area contributed by atoms with Crippen molar-refractivity contribution in [2.24, 2.45) is 0 Å². The van der Waals surface area contributed by atoms with Gasteiger partial charge in [0.05, 0.1) is 4.92 Å². The first kappa shape index (κ1) is 11.5. The standard InChI is InChI=1S/C11H13N3O3/c15-11(13-8-2-1-7-12-13)9-3-5-10(6-4-9)14(16)17/h3-6,12H,1-2,7-8H2. The van der Waals surface area contributed by atoms with Gasteiger partial charge in [0, 0.05) is 30.8 Å². The summed E-state index contributed by atoms with van der Waals surface area (Å²) in [6.45, 7) is 1.47. The van der Waals surface area contributed by atoms with Crippen molar-refractivity contribution >= 4 is 11.6 Å². The molecule has 6 heteroatoms. The Morgan fingerprint density at radius 1 is 1.29 bits per heavy atom. The van der Waals surface area contributed by atoms with Crippen LogP contribution in [0, 0.1) is 10.1 Å². The van der Waals surface area contributed by atoms with Crippen molar-refractivity contribution in [3.8, 4) is 0 Å². The second-order valence-corrected chi connectivity index (χ2v) is 3.88. The average molecular weight is 235 g/mol. The summed E-state index contributed by atoms with van der Waals surface area (Å²) in [7, 11) is 0. The number of nitro benzene ring substituents is 1. The van der Waals surface area contributed by atoms with E-state index in [9.17, 15) is 14.9 Å². The number of carbonyl (C=O) groups is 1. The van der Waals surface area contributed by atoms with E-state index in [0.717, 1.165) is 19.4 Å². The summed E-state index contributed by atoms with van der Waals surface area (Å²) in [6.07, 6.45) is 2.04. The lowest BCUT2D eigenvalue weighted by atomic mass is 10.1. The molecule has 1 amide bonds. The number of nitrogens with one attached hydrogen (secondary N) is 1. The van der Waals surface area contributed by atoms with Gasteiger partial charge >= 0.3 is 0 Å². The maximum absolute atomic E-state index is 12.0. The van der Waals surface area contributed by atoms with E-state index in [-0.39, 0.29) is 11.6 Å². The van der Waals surface area contributed by atoms with E-state index >= 15 is 0 Å². The number of hydrogen-bond donors (Lipinski definition) is 1. The zero-order chi connectivity index (χ0) is 12.3. The monoisotopic (exact) mass is 235 g/mol. The van der Waals surface area contributed by atoms with Gasteiger partial charge in [0.2, 0.25) is 0 Å². The lowest BCUT2D eigenvalue weighted by molar-refractivity contribution is -0.384. The Morgan fingerprint density at radius 3 is 2.53 bits per heavy atom. The van der Waals surface area contributed by atoms with Gasteiger partial charge in [-0.05, 0) is 25.0 Å². The number of rotatable bonds is 2. The second-order valence-electron chi connectivity index (χ2n) is 3.88. The van der Waals surface area contributed by atoms with Gasteiger partial charge in [0.1, 0.15) is 0 Å². The summed E-state index contributed by atoms with van der Waals surface area (Å²) in [4.78, 5) is 22.0. The van der Waals surface area contributed by atoms with Crippen molar-refractivity contribution in [2.75, 3.05) is 13.1 Å². The fraction of sp³-hybridized carbons (Fsp3) is 0.364. The smallest absolute Gasteiger partial charge is 0.269 e. The molecule has 1 aromatic rings. The highest BCUT2D eigenvalue weighted by Crippen LogP contribution is 2.14. The van der Waals surface area contributed by atoms with Gasteiger partial charge in [-0.2, -0.15) is 0 Å². The molecule has 1 aliphatic rings. The zero-order valence-corrected chi connectivity index (χ0v) is 9.26. The Hall–Kier alpha value is -1.95. The summed E-state index contributed by atoms with van der Waals surface area (Å²) < 4.78 is 0. The van der Waals surface area contributed by atoms with Crippen LogP contribution in [-0.2, 0) is 0 Å². The first-order valence-electron chi connectivity index (χ1n) is 5.48. The van der Waals surface area contributed by atoms with Crippen molar-refractivity contribution in [3.63, 3.8) is 0 Å². The van der Waals surface area contributed by atoms with Crippen LogP contribution in [0.4, 0.5) is 5.69 Å². The maximum atomic E-state index is 12.0. The third-order valence-corrected chi connectivity index (χ3v) is 2.68. The SMILES string of the molecule is O=C(c1ccc([N+](=O)[O-])cc1)N1CCCCN1. The van der Waals surface area contributed by atoms with Gasteiger partial charge in [-0.15, -0.1) is 0 Å². The Morgan fingerprint density at radius 2 is 2.00 bits per heavy atom. The molecule has 0 aromatic heterocycles. The first-order chi connectivity index (χ1) is 8.18. The molecule has 0 spiro atoms. The number of hydrogen-bond acceptors (Lipinski definition) is 4. The van der Waals surface area contributed by atoms with Crippen molar-refractivity contribution < 1.29 is 9.72 Å². The molecule has 1 N–H and O–H groups in total. The minimum atomic E-state index is -0.479. The topological polar surface area (TPSA) is 75.5 Å².